The van der Waals surface area contributed by atoms with Crippen molar-refractivity contribution in [2.24, 2.45) is 11.8 Å². The molecule has 38 heavy (non-hydrogen) atoms. The molecule has 0 bridgehead atoms. The van der Waals surface area contributed by atoms with Crippen molar-refractivity contribution < 1.29 is 38.9 Å². The number of rotatable bonds is 19. The Bertz CT molecular complexity index is 725. The maximum atomic E-state index is 12.1. The molecule has 0 radical (unpaired) electrons. The van der Waals surface area contributed by atoms with Gasteiger partial charge in [0.05, 0.1) is 39.3 Å². The number of amides is 2. The quantitative estimate of drug-likeness (QED) is 0.0781. The molecule has 0 aromatic heterocycles. The Morgan fingerprint density at radius 3 is 1.34 bits per heavy atom. The molecule has 0 aliphatic heterocycles. The Hall–Kier alpha value is -2.02. The van der Waals surface area contributed by atoms with Crippen LogP contribution in [0.25, 0.3) is 0 Å². The van der Waals surface area contributed by atoms with E-state index in [9.17, 15) is 29.4 Å². The molecule has 0 aromatic rings. The molecule has 0 saturated carbocycles. The van der Waals surface area contributed by atoms with Gasteiger partial charge in [-0.15, -0.1) is 0 Å². The number of hydrogen-bond donors (Lipinski definition) is 4. The summed E-state index contributed by atoms with van der Waals surface area (Å²) in [4.78, 5) is 47.6. The van der Waals surface area contributed by atoms with Crippen molar-refractivity contribution in [2.45, 2.75) is 77.7 Å². The molecule has 4 unspecified atom stereocenters. The summed E-state index contributed by atoms with van der Waals surface area (Å²) in [5.41, 5.74) is 0. The molecule has 2 amide bonds. The van der Waals surface area contributed by atoms with Crippen LogP contribution in [0, 0.1) is 11.8 Å². The van der Waals surface area contributed by atoms with E-state index >= 15 is 0 Å². The first-order valence-corrected chi connectivity index (χ1v) is 15.1. The van der Waals surface area contributed by atoms with Crippen molar-refractivity contribution in [3.05, 3.63) is 24.3 Å². The smallest absolute Gasteiger partial charge is 0.328 e. The zero-order valence-corrected chi connectivity index (χ0v) is 24.8. The molecule has 0 aromatic carbocycles. The maximum absolute atomic E-state index is 12.1. The molecule has 12 heteroatoms. The van der Waals surface area contributed by atoms with E-state index < -0.39 is 48.0 Å². The van der Waals surface area contributed by atoms with Crippen LogP contribution in [0.3, 0.4) is 0 Å². The SMILES string of the molecule is COC(=O)C(NC(=O)CC(O)/C=C/CCSSCC/C=C/C(O)CC(=O)NC(C(=O)OC)C(C)C)C(C)C. The van der Waals surface area contributed by atoms with E-state index in [1.807, 2.05) is 12.2 Å². The Balaban J connectivity index is 4.06. The minimum atomic E-state index is -0.937. The van der Waals surface area contributed by atoms with E-state index in [0.29, 0.717) is 0 Å². The fourth-order valence-electron chi connectivity index (χ4n) is 3.09. The molecule has 0 heterocycles. The maximum Gasteiger partial charge on any atom is 0.328 e. The molecule has 0 aliphatic rings. The minimum absolute atomic E-state index is 0.127. The fraction of sp³-hybridized carbons (Fsp3) is 0.692. The third kappa shape index (κ3) is 16.7. The van der Waals surface area contributed by atoms with Gasteiger partial charge in [0.15, 0.2) is 0 Å². The van der Waals surface area contributed by atoms with Gasteiger partial charge in [-0.2, -0.15) is 0 Å². The zero-order valence-electron chi connectivity index (χ0n) is 23.2. The highest BCUT2D eigenvalue weighted by Gasteiger charge is 2.26. The lowest BCUT2D eigenvalue weighted by Crippen LogP contribution is -2.45. The second-order valence-corrected chi connectivity index (χ2v) is 11.9. The van der Waals surface area contributed by atoms with Crippen molar-refractivity contribution in [3.8, 4) is 0 Å². The Morgan fingerprint density at radius 1 is 0.711 bits per heavy atom. The molecule has 0 rings (SSSR count). The average Bonchev–Trinajstić information content (AvgIpc) is 2.85. The van der Waals surface area contributed by atoms with E-state index in [1.165, 1.54) is 14.2 Å². The van der Waals surface area contributed by atoms with Gasteiger partial charge in [-0.05, 0) is 24.7 Å². The van der Waals surface area contributed by atoms with Gasteiger partial charge in [-0.25, -0.2) is 9.59 Å². The predicted molar refractivity (Wildman–Crippen MR) is 151 cm³/mol. The van der Waals surface area contributed by atoms with E-state index in [-0.39, 0.29) is 24.7 Å². The monoisotopic (exact) mass is 576 g/mol. The van der Waals surface area contributed by atoms with Gasteiger partial charge in [-0.1, -0.05) is 73.6 Å². The van der Waals surface area contributed by atoms with Gasteiger partial charge in [0.25, 0.3) is 0 Å². The summed E-state index contributed by atoms with van der Waals surface area (Å²) in [5, 5.41) is 25.2. The van der Waals surface area contributed by atoms with Crippen molar-refractivity contribution in [1.82, 2.24) is 10.6 Å². The van der Waals surface area contributed by atoms with Gasteiger partial charge in [0.2, 0.25) is 11.8 Å². The van der Waals surface area contributed by atoms with Crippen LogP contribution in [0.15, 0.2) is 24.3 Å². The van der Waals surface area contributed by atoms with E-state index in [2.05, 4.69) is 20.1 Å². The Kier molecular flexibility index (Phi) is 19.8. The summed E-state index contributed by atoms with van der Waals surface area (Å²) in [6.07, 6.45) is 6.07. The summed E-state index contributed by atoms with van der Waals surface area (Å²) in [5.74, 6) is -0.482. The van der Waals surface area contributed by atoms with Gasteiger partial charge in [0.1, 0.15) is 12.1 Å². The topological polar surface area (TPSA) is 151 Å². The number of ether oxygens (including phenoxy) is 2. The number of aliphatic hydroxyl groups is 2. The number of carbonyl (C=O) groups is 4. The van der Waals surface area contributed by atoms with Crippen molar-refractivity contribution in [3.63, 3.8) is 0 Å². The van der Waals surface area contributed by atoms with Crippen molar-refractivity contribution >= 4 is 45.3 Å². The molecule has 0 aliphatic carbocycles. The van der Waals surface area contributed by atoms with Crippen LogP contribution in [-0.2, 0) is 28.7 Å². The lowest BCUT2D eigenvalue weighted by Gasteiger charge is -2.20. The molecular formula is C26H44N2O8S2. The second kappa shape index (κ2) is 20.9. The number of allylic oxidation sites excluding steroid dienone is 2. The lowest BCUT2D eigenvalue weighted by molar-refractivity contribution is -0.146. The molecule has 4 atom stereocenters. The van der Waals surface area contributed by atoms with Crippen LogP contribution in [0.1, 0.15) is 53.4 Å². The highest BCUT2D eigenvalue weighted by atomic mass is 33.1. The summed E-state index contributed by atoms with van der Waals surface area (Å²) >= 11 is 0. The molecular weight excluding hydrogens is 532 g/mol. The molecule has 218 valence electrons. The molecule has 10 nitrogen and oxygen atoms in total. The standard InChI is InChI=1S/C26H44N2O8S2/c1-17(2)23(25(33)35-5)27-21(31)15-19(29)11-7-9-13-37-38-14-10-8-12-20(30)16-22(32)28-24(18(3)4)26(34)36-6/h7-8,11-12,17-20,23-24,29-30H,9-10,13-16H2,1-6H3,(H,27,31)(H,28,32)/b11-7+,12-8+. The zero-order chi connectivity index (χ0) is 29.1. The van der Waals surface area contributed by atoms with Crippen LogP contribution < -0.4 is 10.6 Å². The highest BCUT2D eigenvalue weighted by Crippen LogP contribution is 2.23. The van der Waals surface area contributed by atoms with Gasteiger partial charge in [-0.3, -0.25) is 9.59 Å². The first kappa shape index (κ1) is 36.0. The molecule has 0 spiro atoms. The van der Waals surface area contributed by atoms with E-state index in [0.717, 1.165) is 24.3 Å². The lowest BCUT2D eigenvalue weighted by atomic mass is 10.0. The number of carbonyl (C=O) groups excluding carboxylic acids is 4. The molecule has 0 fully saturated rings. The van der Waals surface area contributed by atoms with E-state index in [1.54, 1.807) is 61.4 Å². The fourth-order valence-corrected chi connectivity index (χ4v) is 5.07. The summed E-state index contributed by atoms with van der Waals surface area (Å²) in [6, 6.07) is -1.49. The second-order valence-electron chi connectivity index (χ2n) is 9.25. The van der Waals surface area contributed by atoms with Crippen LogP contribution in [0.5, 0.6) is 0 Å². The van der Waals surface area contributed by atoms with Crippen LogP contribution in [-0.4, -0.2) is 84.0 Å². The average molecular weight is 577 g/mol. The Morgan fingerprint density at radius 2 is 1.05 bits per heavy atom. The van der Waals surface area contributed by atoms with Crippen LogP contribution >= 0.6 is 21.6 Å². The van der Waals surface area contributed by atoms with Gasteiger partial charge >= 0.3 is 11.9 Å². The molecule has 0 saturated heterocycles. The third-order valence-corrected chi connectivity index (χ3v) is 7.67. The largest absolute Gasteiger partial charge is 0.467 e. The first-order valence-electron chi connectivity index (χ1n) is 12.6. The van der Waals surface area contributed by atoms with Crippen LogP contribution in [0.2, 0.25) is 0 Å². The number of hydrogen-bond acceptors (Lipinski definition) is 10. The van der Waals surface area contributed by atoms with E-state index in [4.69, 9.17) is 0 Å². The minimum Gasteiger partial charge on any atom is -0.467 e. The molecule has 4 N–H and O–H groups in total. The third-order valence-electron chi connectivity index (χ3n) is 5.20. The van der Waals surface area contributed by atoms with Gasteiger partial charge in [0, 0.05) is 11.5 Å². The summed E-state index contributed by atoms with van der Waals surface area (Å²) < 4.78 is 9.38. The predicted octanol–water partition coefficient (Wildman–Crippen LogP) is 2.39. The Labute approximate surface area is 234 Å². The number of esters is 2. The van der Waals surface area contributed by atoms with Crippen LogP contribution in [0.4, 0.5) is 0 Å². The number of methoxy groups -OCH3 is 2. The number of nitrogens with one attached hydrogen (secondary N) is 2. The van der Waals surface area contributed by atoms with Gasteiger partial charge < -0.3 is 30.3 Å². The normalized spacial score (nSPS) is 14.9. The van der Waals surface area contributed by atoms with Crippen molar-refractivity contribution in [1.29, 1.82) is 0 Å². The summed E-state index contributed by atoms with van der Waals surface area (Å²) in [7, 11) is 5.87. The summed E-state index contributed by atoms with van der Waals surface area (Å²) in [6.45, 7) is 7.19. The highest BCUT2D eigenvalue weighted by molar-refractivity contribution is 8.76. The van der Waals surface area contributed by atoms with Crippen molar-refractivity contribution in [2.75, 3.05) is 25.7 Å². The first-order chi connectivity index (χ1) is 17.9. The number of aliphatic hydroxyl groups excluding tert-OH is 2.